The highest BCUT2D eigenvalue weighted by Crippen LogP contribution is 2.10. The molecule has 0 aliphatic carbocycles. The van der Waals surface area contributed by atoms with Gasteiger partial charge < -0.3 is 10.2 Å². The summed E-state index contributed by atoms with van der Waals surface area (Å²) in [5, 5.41) is 3.45. The first-order chi connectivity index (χ1) is 14.6. The molecule has 1 heterocycles. The lowest BCUT2D eigenvalue weighted by Gasteiger charge is -2.34. The van der Waals surface area contributed by atoms with Crippen LogP contribution in [0.2, 0.25) is 5.02 Å². The zero-order valence-electron chi connectivity index (χ0n) is 17.1. The second kappa shape index (κ2) is 11.5. The van der Waals surface area contributed by atoms with Crippen molar-refractivity contribution in [3.05, 3.63) is 76.8 Å². The van der Waals surface area contributed by atoms with E-state index in [2.05, 4.69) is 34.5 Å². The Morgan fingerprint density at radius 3 is 2.37 bits per heavy atom. The second-order valence-electron chi connectivity index (χ2n) is 7.36. The Hall–Kier alpha value is -2.63. The van der Waals surface area contributed by atoms with Crippen LogP contribution in [-0.4, -0.2) is 60.9 Å². The molecule has 1 fully saturated rings. The van der Waals surface area contributed by atoms with E-state index in [-0.39, 0.29) is 11.8 Å². The van der Waals surface area contributed by atoms with Gasteiger partial charge in [-0.3, -0.25) is 14.5 Å². The van der Waals surface area contributed by atoms with Crippen LogP contribution >= 0.6 is 11.6 Å². The molecule has 5 nitrogen and oxygen atoms in total. The molecule has 1 saturated heterocycles. The first-order valence-electron chi connectivity index (χ1n) is 10.4. The molecule has 0 unspecified atom stereocenters. The summed E-state index contributed by atoms with van der Waals surface area (Å²) in [5.74, 6) is 0.0199. The molecule has 30 heavy (non-hydrogen) atoms. The van der Waals surface area contributed by atoms with Gasteiger partial charge in [0.2, 0.25) is 5.91 Å². The zero-order chi connectivity index (χ0) is 21.2. The second-order valence-corrected chi connectivity index (χ2v) is 7.80. The number of carbonyl (C=O) groups excluding carboxylic acids is 2. The van der Waals surface area contributed by atoms with Crippen molar-refractivity contribution in [3.63, 3.8) is 0 Å². The molecule has 2 aromatic rings. The summed E-state index contributed by atoms with van der Waals surface area (Å²) in [6, 6.07) is 17.0. The molecule has 2 aromatic carbocycles. The van der Waals surface area contributed by atoms with E-state index in [1.807, 2.05) is 23.1 Å². The fourth-order valence-corrected chi connectivity index (χ4v) is 3.51. The summed E-state index contributed by atoms with van der Waals surface area (Å²) in [6.45, 7) is 4.67. The minimum Gasteiger partial charge on any atom is -0.352 e. The number of rotatable bonds is 8. The van der Waals surface area contributed by atoms with Crippen LogP contribution in [0.5, 0.6) is 0 Å². The quantitative estimate of drug-likeness (QED) is 0.656. The van der Waals surface area contributed by atoms with Gasteiger partial charge in [0.05, 0.1) is 0 Å². The van der Waals surface area contributed by atoms with E-state index >= 15 is 0 Å². The number of piperazine rings is 1. The Labute approximate surface area is 183 Å². The fraction of sp³-hybridized carbons (Fsp3) is 0.333. The molecule has 0 bridgehead atoms. The van der Waals surface area contributed by atoms with Crippen LogP contribution in [0, 0.1) is 0 Å². The first kappa shape index (κ1) is 22.1. The highest BCUT2D eigenvalue weighted by atomic mass is 35.5. The van der Waals surface area contributed by atoms with Crippen LogP contribution in [0.1, 0.15) is 28.8 Å². The molecule has 1 N–H and O–H groups in total. The molecular formula is C24H28ClN3O2. The molecule has 158 valence electrons. The number of hydrogen-bond acceptors (Lipinski definition) is 3. The van der Waals surface area contributed by atoms with Crippen molar-refractivity contribution in [2.24, 2.45) is 0 Å². The summed E-state index contributed by atoms with van der Waals surface area (Å²) in [5.41, 5.74) is 1.78. The van der Waals surface area contributed by atoms with Gasteiger partial charge in [-0.05, 0) is 36.2 Å². The van der Waals surface area contributed by atoms with Crippen LogP contribution in [0.25, 0.3) is 6.08 Å². The fourth-order valence-electron chi connectivity index (χ4n) is 3.38. The largest absolute Gasteiger partial charge is 0.352 e. The molecule has 0 radical (unpaired) electrons. The molecule has 0 saturated carbocycles. The van der Waals surface area contributed by atoms with Crippen molar-refractivity contribution < 1.29 is 9.59 Å². The zero-order valence-corrected chi connectivity index (χ0v) is 17.9. The maximum atomic E-state index is 12.4. The van der Waals surface area contributed by atoms with E-state index in [0.29, 0.717) is 30.0 Å². The van der Waals surface area contributed by atoms with Crippen LogP contribution in [0.3, 0.4) is 0 Å². The maximum absolute atomic E-state index is 12.4. The van der Waals surface area contributed by atoms with Gasteiger partial charge in [0.15, 0.2) is 0 Å². The average Bonchev–Trinajstić information content (AvgIpc) is 2.78. The summed E-state index contributed by atoms with van der Waals surface area (Å²) >= 11 is 5.83. The van der Waals surface area contributed by atoms with Crippen molar-refractivity contribution in [1.29, 1.82) is 0 Å². The average molecular weight is 426 g/mol. The number of carbonyl (C=O) groups is 2. The molecule has 0 aromatic heterocycles. The van der Waals surface area contributed by atoms with Crippen molar-refractivity contribution in [2.75, 3.05) is 39.3 Å². The van der Waals surface area contributed by atoms with Crippen molar-refractivity contribution in [3.8, 4) is 0 Å². The van der Waals surface area contributed by atoms with E-state index in [9.17, 15) is 9.59 Å². The van der Waals surface area contributed by atoms with Crippen molar-refractivity contribution in [1.82, 2.24) is 15.1 Å². The van der Waals surface area contributed by atoms with Crippen LogP contribution in [0.15, 0.2) is 60.7 Å². The van der Waals surface area contributed by atoms with E-state index in [1.54, 1.807) is 24.3 Å². The van der Waals surface area contributed by atoms with Gasteiger partial charge in [0.1, 0.15) is 0 Å². The minimum atomic E-state index is -0.142. The normalized spacial score (nSPS) is 14.8. The van der Waals surface area contributed by atoms with Gasteiger partial charge in [-0.2, -0.15) is 0 Å². The van der Waals surface area contributed by atoms with Gasteiger partial charge in [-0.1, -0.05) is 54.1 Å². The third-order valence-corrected chi connectivity index (χ3v) is 5.41. The third kappa shape index (κ3) is 7.01. The molecule has 2 amide bonds. The highest BCUT2D eigenvalue weighted by Gasteiger charge is 2.19. The van der Waals surface area contributed by atoms with Gasteiger partial charge in [-0.15, -0.1) is 0 Å². The molecule has 0 spiro atoms. The number of halogens is 1. The number of hydrogen-bond donors (Lipinski definition) is 1. The van der Waals surface area contributed by atoms with Crippen LogP contribution in [0.4, 0.5) is 0 Å². The molecular weight excluding hydrogens is 398 g/mol. The van der Waals surface area contributed by atoms with Gasteiger partial charge >= 0.3 is 0 Å². The van der Waals surface area contributed by atoms with Crippen molar-refractivity contribution >= 4 is 29.5 Å². The summed E-state index contributed by atoms with van der Waals surface area (Å²) in [7, 11) is 0. The Morgan fingerprint density at radius 1 is 0.967 bits per heavy atom. The van der Waals surface area contributed by atoms with E-state index in [4.69, 9.17) is 11.6 Å². The van der Waals surface area contributed by atoms with Gasteiger partial charge in [0.25, 0.3) is 5.91 Å². The number of benzene rings is 2. The lowest BCUT2D eigenvalue weighted by Crippen LogP contribution is -2.48. The minimum absolute atomic E-state index is 0.142. The molecule has 0 atom stereocenters. The van der Waals surface area contributed by atoms with Crippen LogP contribution < -0.4 is 5.32 Å². The monoisotopic (exact) mass is 425 g/mol. The highest BCUT2D eigenvalue weighted by molar-refractivity contribution is 6.30. The van der Waals surface area contributed by atoms with Gasteiger partial charge in [0, 0.05) is 56.3 Å². The summed E-state index contributed by atoms with van der Waals surface area (Å²) < 4.78 is 0. The summed E-state index contributed by atoms with van der Waals surface area (Å²) in [4.78, 5) is 28.8. The Kier molecular flexibility index (Phi) is 8.48. The van der Waals surface area contributed by atoms with Gasteiger partial charge in [-0.25, -0.2) is 0 Å². The molecule has 1 aliphatic heterocycles. The summed E-state index contributed by atoms with van der Waals surface area (Å²) in [6.07, 6.45) is 5.40. The number of nitrogens with zero attached hydrogens (tertiary/aromatic N) is 2. The van der Waals surface area contributed by atoms with E-state index in [1.165, 1.54) is 5.56 Å². The Bertz CT molecular complexity index is 845. The number of nitrogens with one attached hydrogen (secondary N) is 1. The maximum Gasteiger partial charge on any atom is 0.251 e. The molecule has 6 heteroatoms. The number of amides is 2. The topological polar surface area (TPSA) is 52.7 Å². The Morgan fingerprint density at radius 2 is 1.67 bits per heavy atom. The van der Waals surface area contributed by atoms with Crippen LogP contribution in [-0.2, 0) is 4.79 Å². The molecule has 1 aliphatic rings. The van der Waals surface area contributed by atoms with E-state index < -0.39 is 0 Å². The Balaban J connectivity index is 1.30. The third-order valence-electron chi connectivity index (χ3n) is 5.16. The van der Waals surface area contributed by atoms with E-state index in [0.717, 1.165) is 32.7 Å². The first-order valence-corrected chi connectivity index (χ1v) is 10.7. The van der Waals surface area contributed by atoms with Crippen molar-refractivity contribution in [2.45, 2.75) is 12.8 Å². The lowest BCUT2D eigenvalue weighted by molar-refractivity contribution is -0.132. The predicted octanol–water partition coefficient (Wildman–Crippen LogP) is 3.71. The SMILES string of the molecule is O=C(NCCCC(=O)N1CCN(C/C=C/c2ccccc2)CC1)c1ccc(Cl)cc1. The lowest BCUT2D eigenvalue weighted by atomic mass is 10.2. The smallest absolute Gasteiger partial charge is 0.251 e. The standard InChI is InChI=1S/C24H28ClN3O2/c25-22-12-10-21(11-13-22)24(30)26-14-4-9-23(29)28-18-16-27(17-19-28)15-5-8-20-6-2-1-3-7-20/h1-3,5-8,10-13H,4,9,14-19H2,(H,26,30)/b8-5+. The predicted molar refractivity (Wildman–Crippen MR) is 122 cm³/mol. The molecule has 3 rings (SSSR count).